The number of benzene rings is 2. The van der Waals surface area contributed by atoms with Crippen LogP contribution in [0.3, 0.4) is 0 Å². The van der Waals surface area contributed by atoms with Crippen molar-refractivity contribution < 1.29 is 14.3 Å². The van der Waals surface area contributed by atoms with Gasteiger partial charge in [0.1, 0.15) is 10.8 Å². The van der Waals surface area contributed by atoms with Gasteiger partial charge < -0.3 is 14.8 Å². The highest BCUT2D eigenvalue weighted by Gasteiger charge is 2.33. The highest BCUT2D eigenvalue weighted by Crippen LogP contribution is 2.45. The van der Waals surface area contributed by atoms with E-state index in [-0.39, 0.29) is 11.9 Å². The van der Waals surface area contributed by atoms with Gasteiger partial charge in [0.15, 0.2) is 0 Å². The molecule has 0 spiro atoms. The number of fused-ring (bicyclic) bond motifs is 1. The number of ether oxygens (including phenoxy) is 2. The number of thiophene rings is 1. The summed E-state index contributed by atoms with van der Waals surface area (Å²) in [5.41, 5.74) is 4.61. The maximum Gasteiger partial charge on any atom is 0.256 e. The Hall–Kier alpha value is -2.67. The molecule has 2 aromatic carbocycles. The van der Waals surface area contributed by atoms with E-state index in [1.807, 2.05) is 42.5 Å². The molecular formula is C27H30N2O3S. The van der Waals surface area contributed by atoms with Crippen LogP contribution >= 0.6 is 11.3 Å². The van der Waals surface area contributed by atoms with Crippen LogP contribution in [0.25, 0.3) is 0 Å². The predicted octanol–water partition coefficient (Wildman–Crippen LogP) is 5.31. The van der Waals surface area contributed by atoms with E-state index in [2.05, 4.69) is 22.3 Å². The number of carbonyl (C=O) groups excluding carboxylic acids is 1. The SMILES string of the molecule is COc1ccc(C(c2c(NC(=O)c3ccccc3)sc3c2CCCC3)N2CCOCC2)cc1. The van der Waals surface area contributed by atoms with Crippen molar-refractivity contribution in [2.24, 2.45) is 0 Å². The van der Waals surface area contributed by atoms with Crippen LogP contribution in [0.5, 0.6) is 5.75 Å². The van der Waals surface area contributed by atoms with E-state index in [1.165, 1.54) is 34.4 Å². The fourth-order valence-corrected chi connectivity index (χ4v) is 6.24. The zero-order valence-corrected chi connectivity index (χ0v) is 19.8. The predicted molar refractivity (Wildman–Crippen MR) is 133 cm³/mol. The van der Waals surface area contributed by atoms with E-state index in [4.69, 9.17) is 9.47 Å². The van der Waals surface area contributed by atoms with Crippen molar-refractivity contribution in [3.63, 3.8) is 0 Å². The van der Waals surface area contributed by atoms with Crippen molar-refractivity contribution in [1.82, 2.24) is 4.90 Å². The number of hydrogen-bond acceptors (Lipinski definition) is 5. The molecule has 172 valence electrons. The molecule has 1 saturated heterocycles. The zero-order chi connectivity index (χ0) is 22.6. The minimum Gasteiger partial charge on any atom is -0.497 e. The largest absolute Gasteiger partial charge is 0.497 e. The quantitative estimate of drug-likeness (QED) is 0.539. The van der Waals surface area contributed by atoms with Crippen molar-refractivity contribution in [3.8, 4) is 5.75 Å². The van der Waals surface area contributed by atoms with Crippen LogP contribution in [0, 0.1) is 0 Å². The average molecular weight is 463 g/mol. The van der Waals surface area contributed by atoms with Gasteiger partial charge in [0, 0.05) is 29.1 Å². The van der Waals surface area contributed by atoms with E-state index < -0.39 is 0 Å². The van der Waals surface area contributed by atoms with Crippen molar-refractivity contribution in [2.75, 3.05) is 38.7 Å². The summed E-state index contributed by atoms with van der Waals surface area (Å²) in [4.78, 5) is 17.1. The molecule has 1 unspecified atom stereocenters. The highest BCUT2D eigenvalue weighted by molar-refractivity contribution is 7.16. The first-order valence-electron chi connectivity index (χ1n) is 11.7. The van der Waals surface area contributed by atoms with Gasteiger partial charge in [0.2, 0.25) is 0 Å². The van der Waals surface area contributed by atoms with Gasteiger partial charge in [-0.25, -0.2) is 0 Å². The molecule has 1 fully saturated rings. The van der Waals surface area contributed by atoms with Crippen LogP contribution < -0.4 is 10.1 Å². The Kier molecular flexibility index (Phi) is 6.76. The van der Waals surface area contributed by atoms with Crippen LogP contribution in [-0.4, -0.2) is 44.2 Å². The van der Waals surface area contributed by atoms with Crippen LogP contribution in [0.1, 0.15) is 50.8 Å². The van der Waals surface area contributed by atoms with E-state index in [1.54, 1.807) is 18.4 Å². The molecule has 1 N–H and O–H groups in total. The summed E-state index contributed by atoms with van der Waals surface area (Å²) in [5, 5.41) is 4.28. The van der Waals surface area contributed by atoms with Gasteiger partial charge in [0.25, 0.3) is 5.91 Å². The first kappa shape index (κ1) is 22.1. The smallest absolute Gasteiger partial charge is 0.256 e. The minimum absolute atomic E-state index is 0.0501. The van der Waals surface area contributed by atoms with E-state index >= 15 is 0 Å². The Morgan fingerprint density at radius 2 is 1.76 bits per heavy atom. The molecule has 6 heteroatoms. The number of methoxy groups -OCH3 is 1. The number of aryl methyl sites for hydroxylation is 1. The maximum absolute atomic E-state index is 13.1. The number of morpholine rings is 1. The van der Waals surface area contributed by atoms with Crippen LogP contribution in [0.15, 0.2) is 54.6 Å². The van der Waals surface area contributed by atoms with E-state index in [0.29, 0.717) is 5.56 Å². The molecule has 1 aliphatic heterocycles. The van der Waals surface area contributed by atoms with Crippen LogP contribution in [-0.2, 0) is 17.6 Å². The number of nitrogens with zero attached hydrogens (tertiary/aromatic N) is 1. The molecule has 1 aliphatic carbocycles. The fraction of sp³-hybridized carbons (Fsp3) is 0.370. The monoisotopic (exact) mass is 462 g/mol. The van der Waals surface area contributed by atoms with E-state index in [0.717, 1.165) is 49.9 Å². The Morgan fingerprint density at radius 3 is 2.48 bits per heavy atom. The lowest BCUT2D eigenvalue weighted by atomic mass is 9.88. The Bertz CT molecular complexity index is 1090. The van der Waals surface area contributed by atoms with Gasteiger partial charge in [-0.05, 0) is 61.1 Å². The number of hydrogen-bond donors (Lipinski definition) is 1. The molecule has 1 aromatic heterocycles. The summed E-state index contributed by atoms with van der Waals surface area (Å²) in [5.74, 6) is 0.801. The molecule has 1 amide bonds. The Labute approximate surface area is 199 Å². The van der Waals surface area contributed by atoms with Gasteiger partial charge in [0.05, 0.1) is 26.4 Å². The third-order valence-electron chi connectivity index (χ3n) is 6.59. The third kappa shape index (κ3) is 4.69. The summed E-state index contributed by atoms with van der Waals surface area (Å²) in [6.07, 6.45) is 4.57. The summed E-state index contributed by atoms with van der Waals surface area (Å²) in [7, 11) is 1.70. The molecule has 5 rings (SSSR count). The third-order valence-corrected chi connectivity index (χ3v) is 7.81. The number of carbonyl (C=O) groups is 1. The van der Waals surface area contributed by atoms with Gasteiger partial charge >= 0.3 is 0 Å². The fourth-order valence-electron chi connectivity index (χ4n) is 4.92. The minimum atomic E-state index is -0.0501. The Balaban J connectivity index is 1.59. The summed E-state index contributed by atoms with van der Waals surface area (Å²) >= 11 is 1.77. The molecule has 5 nitrogen and oxygen atoms in total. The van der Waals surface area contributed by atoms with Crippen LogP contribution in [0.2, 0.25) is 0 Å². The lowest BCUT2D eigenvalue weighted by Crippen LogP contribution is -2.40. The maximum atomic E-state index is 13.1. The molecule has 0 saturated carbocycles. The van der Waals surface area contributed by atoms with Gasteiger partial charge in [-0.3, -0.25) is 9.69 Å². The zero-order valence-electron chi connectivity index (χ0n) is 19.0. The van der Waals surface area contributed by atoms with Crippen LogP contribution in [0.4, 0.5) is 5.00 Å². The van der Waals surface area contributed by atoms with E-state index in [9.17, 15) is 4.79 Å². The summed E-state index contributed by atoms with van der Waals surface area (Å²) in [6, 6.07) is 17.9. The molecule has 0 radical (unpaired) electrons. The molecular weight excluding hydrogens is 432 g/mol. The second-order valence-electron chi connectivity index (χ2n) is 8.60. The average Bonchev–Trinajstić information content (AvgIpc) is 3.23. The second-order valence-corrected chi connectivity index (χ2v) is 9.70. The lowest BCUT2D eigenvalue weighted by Gasteiger charge is -2.36. The molecule has 33 heavy (non-hydrogen) atoms. The van der Waals surface area contributed by atoms with Gasteiger partial charge in [-0.1, -0.05) is 30.3 Å². The normalized spacial score (nSPS) is 17.2. The van der Waals surface area contributed by atoms with Crippen molar-refractivity contribution in [2.45, 2.75) is 31.7 Å². The van der Waals surface area contributed by atoms with Crippen molar-refractivity contribution in [3.05, 3.63) is 81.7 Å². The van der Waals surface area contributed by atoms with Gasteiger partial charge in [-0.2, -0.15) is 0 Å². The number of anilines is 1. The first-order chi connectivity index (χ1) is 16.2. The molecule has 3 aromatic rings. The number of rotatable bonds is 6. The second kappa shape index (κ2) is 10.1. The van der Waals surface area contributed by atoms with Gasteiger partial charge in [-0.15, -0.1) is 11.3 Å². The van der Waals surface area contributed by atoms with Crippen molar-refractivity contribution >= 4 is 22.2 Å². The summed E-state index contributed by atoms with van der Waals surface area (Å²) in [6.45, 7) is 3.19. The molecule has 0 bridgehead atoms. The number of amides is 1. The Morgan fingerprint density at radius 1 is 1.03 bits per heavy atom. The molecule has 2 aliphatic rings. The lowest BCUT2D eigenvalue weighted by molar-refractivity contribution is 0.0239. The highest BCUT2D eigenvalue weighted by atomic mass is 32.1. The molecule has 1 atom stereocenters. The summed E-state index contributed by atoms with van der Waals surface area (Å²) < 4.78 is 11.1. The topological polar surface area (TPSA) is 50.8 Å². The van der Waals surface area contributed by atoms with Crippen molar-refractivity contribution in [1.29, 1.82) is 0 Å². The standard InChI is InChI=1S/C27H30N2O3S/c1-31-21-13-11-19(12-14-21)25(29-15-17-32-18-16-29)24-22-9-5-6-10-23(22)33-27(24)28-26(30)20-7-3-2-4-8-20/h2-4,7-8,11-14,25H,5-6,9-10,15-18H2,1H3,(H,28,30). The number of nitrogens with one attached hydrogen (secondary N) is 1. The first-order valence-corrected chi connectivity index (χ1v) is 12.5. The molecule has 2 heterocycles.